The summed E-state index contributed by atoms with van der Waals surface area (Å²) >= 11 is -2.71. The Morgan fingerprint density at radius 2 is 1.65 bits per heavy atom. The number of fused-ring (bicyclic) bond motifs is 1. The molecule has 0 bridgehead atoms. The quantitative estimate of drug-likeness (QED) is 0.642. The van der Waals surface area contributed by atoms with E-state index in [0.29, 0.717) is 0 Å². The summed E-state index contributed by atoms with van der Waals surface area (Å²) < 4.78 is 8.25. The summed E-state index contributed by atoms with van der Waals surface area (Å²) in [4.78, 5) is 19.2. The molecule has 0 atom stereocenters. The molecule has 92 valence electrons. The van der Waals surface area contributed by atoms with Gasteiger partial charge in [0.05, 0.1) is 0 Å². The molecule has 0 amide bonds. The molecule has 3 nitrogen and oxygen atoms in total. The fourth-order valence-corrected chi connectivity index (χ4v) is 12.5. The molecule has 2 rings (SSSR count). The molecule has 0 aliphatic heterocycles. The summed E-state index contributed by atoms with van der Waals surface area (Å²) in [5.41, 5.74) is 1.11. The summed E-state index contributed by atoms with van der Waals surface area (Å²) in [6.07, 6.45) is 2.13. The summed E-state index contributed by atoms with van der Waals surface area (Å²) in [6, 6.07) is 0. The van der Waals surface area contributed by atoms with Crippen LogP contribution in [-0.2, 0) is 0 Å². The van der Waals surface area contributed by atoms with Crippen LogP contribution < -0.4 is 7.29 Å². The van der Waals surface area contributed by atoms with E-state index in [1.165, 1.54) is 12.0 Å². The van der Waals surface area contributed by atoms with Gasteiger partial charge in [0.1, 0.15) is 0 Å². The summed E-state index contributed by atoms with van der Waals surface area (Å²) in [7, 11) is 0. The first-order chi connectivity index (χ1) is 7.71. The molecule has 6 heteroatoms. The Labute approximate surface area is 115 Å². The average Bonchev–Trinajstić information content (AvgIpc) is 2.60. The fourth-order valence-electron chi connectivity index (χ4n) is 1.85. The van der Waals surface area contributed by atoms with Gasteiger partial charge in [0.15, 0.2) is 0 Å². The van der Waals surface area contributed by atoms with Crippen molar-refractivity contribution in [3.05, 3.63) is 6.20 Å². The molecule has 0 spiro atoms. The average molecular weight is 463 g/mol. The van der Waals surface area contributed by atoms with Crippen molar-refractivity contribution in [3.8, 4) is 0 Å². The van der Waals surface area contributed by atoms with E-state index < -0.39 is 36.8 Å². The van der Waals surface area contributed by atoms with Crippen LogP contribution in [0.3, 0.4) is 0 Å². The number of hydrogen-bond acceptors (Lipinski definition) is 4. The van der Waals surface area contributed by atoms with E-state index in [1.54, 1.807) is 11.5 Å². The van der Waals surface area contributed by atoms with Gasteiger partial charge in [0.25, 0.3) is 0 Å². The van der Waals surface area contributed by atoms with Crippen LogP contribution in [-0.4, -0.2) is 51.3 Å². The predicted octanol–water partition coefficient (Wildman–Crippen LogP) is 2.18. The van der Waals surface area contributed by atoms with Gasteiger partial charge in [-0.15, -0.1) is 0 Å². The number of nitrogens with zero attached hydrogens (tertiary/aromatic N) is 3. The molecule has 0 fully saturated rings. The number of pyridine rings is 1. The normalized spacial score (nSPS) is 13.3. The van der Waals surface area contributed by atoms with Crippen molar-refractivity contribution in [2.24, 2.45) is 0 Å². The maximum absolute atomic E-state index is 4.77. The monoisotopic (exact) mass is 465 g/mol. The van der Waals surface area contributed by atoms with Crippen molar-refractivity contribution in [2.75, 3.05) is 0 Å². The van der Waals surface area contributed by atoms with Crippen LogP contribution in [0.15, 0.2) is 6.20 Å². The van der Waals surface area contributed by atoms with Crippen molar-refractivity contribution in [1.29, 1.82) is 0 Å². The van der Waals surface area contributed by atoms with E-state index in [1.807, 2.05) is 0 Å². The van der Waals surface area contributed by atoms with Gasteiger partial charge in [0, 0.05) is 0 Å². The summed E-state index contributed by atoms with van der Waals surface area (Å²) in [5.74, 6) is 0. The van der Waals surface area contributed by atoms with Gasteiger partial charge < -0.3 is 0 Å². The van der Waals surface area contributed by atoms with E-state index in [-0.39, 0.29) is 0 Å². The second-order valence-corrected chi connectivity index (χ2v) is 35.8. The van der Waals surface area contributed by atoms with E-state index in [2.05, 4.69) is 45.4 Å². The van der Waals surface area contributed by atoms with Crippen LogP contribution in [0.1, 0.15) is 0 Å². The second-order valence-electron chi connectivity index (χ2n) is 6.47. The van der Waals surface area contributed by atoms with Crippen molar-refractivity contribution in [2.45, 2.75) is 29.6 Å². The molecule has 0 N–H and O–H groups in total. The zero-order chi connectivity index (χ0) is 12.8. The van der Waals surface area contributed by atoms with Crippen LogP contribution in [0.2, 0.25) is 29.6 Å². The molecule has 0 saturated carbocycles. The molecule has 0 radical (unpaired) electrons. The number of rotatable bonds is 2. The minimum absolute atomic E-state index is 1.11. The third-order valence-corrected chi connectivity index (χ3v) is 14.9. The Kier molecular flexibility index (Phi) is 3.78. The van der Waals surface area contributed by atoms with Crippen LogP contribution in [0, 0.1) is 0 Å². The van der Waals surface area contributed by atoms with Crippen LogP contribution >= 0.6 is 11.5 Å². The van der Waals surface area contributed by atoms with Gasteiger partial charge in [-0.25, -0.2) is 0 Å². The Morgan fingerprint density at radius 3 is 2.18 bits per heavy atom. The van der Waals surface area contributed by atoms with Crippen LogP contribution in [0.25, 0.3) is 10.2 Å². The summed E-state index contributed by atoms with van der Waals surface area (Å²) in [6.45, 7) is 0. The molecule has 0 aromatic carbocycles. The van der Waals surface area contributed by atoms with Gasteiger partial charge >= 0.3 is 116 Å². The zero-order valence-corrected chi connectivity index (χ0v) is 17.9. The van der Waals surface area contributed by atoms with Crippen molar-refractivity contribution in [1.82, 2.24) is 14.6 Å². The third-order valence-electron chi connectivity index (χ3n) is 2.80. The molecule has 17 heavy (non-hydrogen) atoms. The Morgan fingerprint density at radius 1 is 1.00 bits per heavy atom. The Hall–Kier alpha value is 0.567. The second kappa shape index (κ2) is 4.59. The molecule has 2 heterocycles. The topological polar surface area (TPSA) is 38.7 Å². The van der Waals surface area contributed by atoms with Crippen molar-refractivity contribution >= 4 is 65.8 Å². The summed E-state index contributed by atoms with van der Waals surface area (Å²) in [5, 5.41) is 4.35. The van der Waals surface area contributed by atoms with Gasteiger partial charge in [-0.05, 0) is 0 Å². The van der Waals surface area contributed by atoms with E-state index in [4.69, 9.17) is 4.98 Å². The molecule has 0 saturated heterocycles. The standard InChI is InChI=1S/C5HN3S.6CH3.2Sn/c1-2-6-3-4-5(1)9-8-7-4;;;;;;;;/h2H;6*1H3;;. The minimum atomic E-state index is -2.17. The Bertz CT molecular complexity index is 504. The first-order valence-electron chi connectivity index (χ1n) is 5.83. The van der Waals surface area contributed by atoms with Crippen molar-refractivity contribution in [3.63, 3.8) is 0 Å². The molecule has 2 aromatic heterocycles. The van der Waals surface area contributed by atoms with Crippen LogP contribution in [0.5, 0.6) is 0 Å². The first-order valence-corrected chi connectivity index (χ1v) is 26.6. The Balaban J connectivity index is 2.76. The number of hydrogen-bond donors (Lipinski definition) is 0. The molecular weight excluding hydrogens is 444 g/mol. The number of aromatic nitrogens is 3. The SMILES string of the molecule is [CH3][Sn]([CH3])([CH3])[c]1nc[c]([Sn]([CH3])([CH3])[CH3])c2snnc12. The fraction of sp³-hybridized carbons (Fsp3) is 0.545. The van der Waals surface area contributed by atoms with Gasteiger partial charge in [-0.1, -0.05) is 0 Å². The van der Waals surface area contributed by atoms with Crippen LogP contribution in [0.4, 0.5) is 0 Å². The molecule has 0 aliphatic rings. The van der Waals surface area contributed by atoms with Gasteiger partial charge in [0.2, 0.25) is 0 Å². The molecule has 0 unspecified atom stereocenters. The van der Waals surface area contributed by atoms with Crippen molar-refractivity contribution < 1.29 is 0 Å². The van der Waals surface area contributed by atoms with Gasteiger partial charge in [-0.2, -0.15) is 0 Å². The third kappa shape index (κ3) is 2.78. The molecule has 2 aromatic rings. The predicted molar refractivity (Wildman–Crippen MR) is 81.2 cm³/mol. The van der Waals surface area contributed by atoms with Gasteiger partial charge in [-0.3, -0.25) is 0 Å². The van der Waals surface area contributed by atoms with E-state index in [0.717, 1.165) is 5.52 Å². The zero-order valence-electron chi connectivity index (χ0n) is 11.3. The van der Waals surface area contributed by atoms with E-state index in [9.17, 15) is 0 Å². The molecular formula is C11H19N3SSn2. The maximum atomic E-state index is 4.77. The molecule has 0 aliphatic carbocycles. The van der Waals surface area contributed by atoms with E-state index >= 15 is 0 Å². The first kappa shape index (κ1) is 14.0.